The lowest BCUT2D eigenvalue weighted by molar-refractivity contribution is 0.0596. The lowest BCUT2D eigenvalue weighted by atomic mass is 9.60. The van der Waals surface area contributed by atoms with Gasteiger partial charge in [0.15, 0.2) is 0 Å². The molecule has 0 aromatic carbocycles. The standard InChI is InChI=1S/C27H44O2.H2O/c1-19-10-13-23(28)18-22(19)12-11-21-9-7-17-27(5)24(14-15-25(21)27)20(2)8-6-16-26(3,4)29;/h11-12,20,23-25,28-29H,1,6-10,13-18H2,2-5H3;1H2/b21-11+,22-12+;. The molecule has 0 aromatic rings. The van der Waals surface area contributed by atoms with E-state index in [4.69, 9.17) is 0 Å². The van der Waals surface area contributed by atoms with E-state index >= 15 is 0 Å². The fraction of sp³-hybridized carbons (Fsp3) is 0.778. The quantitative estimate of drug-likeness (QED) is 0.563. The van der Waals surface area contributed by atoms with Gasteiger partial charge in [0.05, 0.1) is 11.7 Å². The maximum atomic E-state index is 10.0. The summed E-state index contributed by atoms with van der Waals surface area (Å²) in [7, 11) is 0. The molecule has 4 N–H and O–H groups in total. The molecule has 0 bridgehead atoms. The Hall–Kier alpha value is -0.900. The molecule has 0 spiro atoms. The Bertz CT molecular complexity index is 654. The predicted octanol–water partition coefficient (Wildman–Crippen LogP) is 5.91. The van der Waals surface area contributed by atoms with Crippen LogP contribution in [0.4, 0.5) is 0 Å². The highest BCUT2D eigenvalue weighted by atomic mass is 16.3. The Balaban J connectivity index is 0.00000320. The van der Waals surface area contributed by atoms with Crippen LogP contribution in [-0.4, -0.2) is 27.4 Å². The van der Waals surface area contributed by atoms with Crippen molar-refractivity contribution in [3.05, 3.63) is 35.5 Å². The van der Waals surface area contributed by atoms with Crippen molar-refractivity contribution in [1.82, 2.24) is 0 Å². The van der Waals surface area contributed by atoms with Gasteiger partial charge in [-0.05, 0) is 100 Å². The third-order valence-electron chi connectivity index (χ3n) is 8.36. The molecule has 0 amide bonds. The first-order valence-corrected chi connectivity index (χ1v) is 12.1. The van der Waals surface area contributed by atoms with E-state index in [1.165, 1.54) is 49.7 Å². The number of rotatable bonds is 6. The number of hydrogen-bond donors (Lipinski definition) is 2. The van der Waals surface area contributed by atoms with Gasteiger partial charge in [-0.2, -0.15) is 0 Å². The van der Waals surface area contributed by atoms with Gasteiger partial charge in [0.1, 0.15) is 0 Å². The van der Waals surface area contributed by atoms with E-state index in [2.05, 4.69) is 32.6 Å². The van der Waals surface area contributed by atoms with Crippen molar-refractivity contribution in [1.29, 1.82) is 0 Å². The topological polar surface area (TPSA) is 72.0 Å². The minimum absolute atomic E-state index is 0. The second-order valence-corrected chi connectivity index (χ2v) is 11.2. The van der Waals surface area contributed by atoms with Crippen LogP contribution in [0.25, 0.3) is 0 Å². The Labute approximate surface area is 184 Å². The molecule has 3 nitrogen and oxygen atoms in total. The van der Waals surface area contributed by atoms with Gasteiger partial charge < -0.3 is 15.7 Å². The van der Waals surface area contributed by atoms with E-state index in [0.29, 0.717) is 5.41 Å². The Kier molecular flexibility index (Phi) is 8.58. The van der Waals surface area contributed by atoms with Gasteiger partial charge in [-0.15, -0.1) is 0 Å². The number of aliphatic hydroxyl groups is 2. The molecule has 3 saturated carbocycles. The first kappa shape index (κ1) is 25.4. The number of aliphatic hydroxyl groups excluding tert-OH is 1. The third-order valence-corrected chi connectivity index (χ3v) is 8.36. The maximum Gasteiger partial charge on any atom is 0.0591 e. The van der Waals surface area contributed by atoms with Gasteiger partial charge in [0.25, 0.3) is 0 Å². The molecule has 5 atom stereocenters. The van der Waals surface area contributed by atoms with E-state index in [9.17, 15) is 10.2 Å². The summed E-state index contributed by atoms with van der Waals surface area (Å²) in [5.74, 6) is 2.26. The second kappa shape index (κ2) is 10.1. The molecule has 3 aliphatic rings. The van der Waals surface area contributed by atoms with E-state index in [1.807, 2.05) is 13.8 Å². The second-order valence-electron chi connectivity index (χ2n) is 11.2. The molecule has 0 heterocycles. The Morgan fingerprint density at radius 1 is 1.20 bits per heavy atom. The van der Waals surface area contributed by atoms with Gasteiger partial charge in [0, 0.05) is 0 Å². The summed E-state index contributed by atoms with van der Waals surface area (Å²) in [5.41, 5.74) is 4.02. The molecule has 3 heteroatoms. The molecule has 0 aromatic heterocycles. The molecule has 0 saturated heterocycles. The molecule has 3 fully saturated rings. The minimum Gasteiger partial charge on any atom is -0.412 e. The molecule has 172 valence electrons. The summed E-state index contributed by atoms with van der Waals surface area (Å²) in [6.07, 6.45) is 16.9. The Morgan fingerprint density at radius 2 is 1.93 bits per heavy atom. The van der Waals surface area contributed by atoms with Crippen LogP contribution in [0.15, 0.2) is 35.5 Å². The largest absolute Gasteiger partial charge is 0.412 e. The highest BCUT2D eigenvalue weighted by molar-refractivity contribution is 5.36. The number of hydrogen-bond acceptors (Lipinski definition) is 2. The molecule has 30 heavy (non-hydrogen) atoms. The molecule has 3 rings (SSSR count). The van der Waals surface area contributed by atoms with Crippen LogP contribution in [-0.2, 0) is 0 Å². The summed E-state index contributed by atoms with van der Waals surface area (Å²) in [6.45, 7) is 13.1. The van der Waals surface area contributed by atoms with Crippen LogP contribution in [0.2, 0.25) is 0 Å². The maximum absolute atomic E-state index is 10.0. The average Bonchev–Trinajstić information content (AvgIpc) is 2.99. The molecular formula is C27H46O3. The number of allylic oxidation sites excluding steroid dienone is 4. The van der Waals surface area contributed by atoms with Gasteiger partial charge in [-0.3, -0.25) is 0 Å². The zero-order chi connectivity index (χ0) is 21.2. The highest BCUT2D eigenvalue weighted by Crippen LogP contribution is 2.60. The van der Waals surface area contributed by atoms with Crippen molar-refractivity contribution in [2.24, 2.45) is 23.2 Å². The van der Waals surface area contributed by atoms with E-state index in [0.717, 1.165) is 49.9 Å². The zero-order valence-electron chi connectivity index (χ0n) is 19.8. The lowest BCUT2D eigenvalue weighted by Crippen LogP contribution is -2.36. The third kappa shape index (κ3) is 5.87. The minimum atomic E-state index is -0.535. The average molecular weight is 419 g/mol. The SMILES string of the molecule is C=C1CCC(O)C/C1=C\C=C1/CCCC2(C)C1CCC2C(C)CCCC(C)(C)O.O. The normalized spacial score (nSPS) is 35.9. The van der Waals surface area contributed by atoms with Crippen LogP contribution in [0.5, 0.6) is 0 Å². The zero-order valence-corrected chi connectivity index (χ0v) is 19.8. The van der Waals surface area contributed by atoms with Crippen LogP contribution >= 0.6 is 0 Å². The van der Waals surface area contributed by atoms with Crippen molar-refractivity contribution in [3.63, 3.8) is 0 Å². The van der Waals surface area contributed by atoms with Gasteiger partial charge >= 0.3 is 0 Å². The summed E-state index contributed by atoms with van der Waals surface area (Å²) in [5, 5.41) is 20.1. The van der Waals surface area contributed by atoms with Crippen molar-refractivity contribution in [2.75, 3.05) is 0 Å². The van der Waals surface area contributed by atoms with Crippen LogP contribution in [0.3, 0.4) is 0 Å². The van der Waals surface area contributed by atoms with Crippen LogP contribution in [0.1, 0.15) is 98.3 Å². The van der Waals surface area contributed by atoms with Crippen molar-refractivity contribution in [2.45, 2.75) is 110 Å². The lowest BCUT2D eigenvalue weighted by Gasteiger charge is -2.44. The fourth-order valence-corrected chi connectivity index (χ4v) is 6.67. The highest BCUT2D eigenvalue weighted by Gasteiger charge is 2.50. The summed E-state index contributed by atoms with van der Waals surface area (Å²) in [4.78, 5) is 0. The summed E-state index contributed by atoms with van der Waals surface area (Å²) < 4.78 is 0. The van der Waals surface area contributed by atoms with E-state index < -0.39 is 5.60 Å². The smallest absolute Gasteiger partial charge is 0.0591 e. The van der Waals surface area contributed by atoms with Gasteiger partial charge in [0.2, 0.25) is 0 Å². The monoisotopic (exact) mass is 418 g/mol. The van der Waals surface area contributed by atoms with Crippen LogP contribution < -0.4 is 0 Å². The molecule has 0 radical (unpaired) electrons. The molecule has 5 unspecified atom stereocenters. The van der Waals surface area contributed by atoms with Crippen LogP contribution in [0, 0.1) is 23.2 Å². The predicted molar refractivity (Wildman–Crippen MR) is 126 cm³/mol. The summed E-state index contributed by atoms with van der Waals surface area (Å²) in [6, 6.07) is 0. The van der Waals surface area contributed by atoms with Gasteiger partial charge in [-0.1, -0.05) is 56.6 Å². The number of fused-ring (bicyclic) bond motifs is 1. The fourth-order valence-electron chi connectivity index (χ4n) is 6.67. The molecule has 3 aliphatic carbocycles. The van der Waals surface area contributed by atoms with Crippen molar-refractivity contribution in [3.8, 4) is 0 Å². The molecular weight excluding hydrogens is 372 g/mol. The van der Waals surface area contributed by atoms with E-state index in [-0.39, 0.29) is 11.6 Å². The Morgan fingerprint density at radius 3 is 2.63 bits per heavy atom. The van der Waals surface area contributed by atoms with Gasteiger partial charge in [-0.25, -0.2) is 0 Å². The first-order chi connectivity index (χ1) is 13.6. The molecule has 0 aliphatic heterocycles. The van der Waals surface area contributed by atoms with Crippen molar-refractivity contribution >= 4 is 0 Å². The van der Waals surface area contributed by atoms with Crippen molar-refractivity contribution < 1.29 is 15.7 Å². The first-order valence-electron chi connectivity index (χ1n) is 12.1. The summed E-state index contributed by atoms with van der Waals surface area (Å²) >= 11 is 0. The van der Waals surface area contributed by atoms with E-state index in [1.54, 1.807) is 5.57 Å².